The lowest BCUT2D eigenvalue weighted by Gasteiger charge is -2.39. The van der Waals surface area contributed by atoms with Gasteiger partial charge in [-0.3, -0.25) is 4.90 Å². The normalized spacial score (nSPS) is 19.9. The lowest BCUT2D eigenvalue weighted by Crippen LogP contribution is -2.51. The van der Waals surface area contributed by atoms with Gasteiger partial charge in [0.15, 0.2) is 11.5 Å². The second-order valence-electron chi connectivity index (χ2n) is 6.46. The molecule has 1 saturated heterocycles. The van der Waals surface area contributed by atoms with Gasteiger partial charge in [0, 0.05) is 25.7 Å². The Morgan fingerprint density at radius 3 is 2.83 bits per heavy atom. The van der Waals surface area contributed by atoms with E-state index in [2.05, 4.69) is 24.1 Å². The van der Waals surface area contributed by atoms with Gasteiger partial charge < -0.3 is 19.9 Å². The van der Waals surface area contributed by atoms with Crippen molar-refractivity contribution in [3.05, 3.63) is 23.8 Å². The van der Waals surface area contributed by atoms with E-state index >= 15 is 0 Å². The molecule has 2 unspecified atom stereocenters. The molecule has 0 aromatic heterocycles. The lowest BCUT2D eigenvalue weighted by molar-refractivity contribution is 0.0722. The van der Waals surface area contributed by atoms with Crippen molar-refractivity contribution in [2.24, 2.45) is 0 Å². The molecule has 0 bridgehead atoms. The number of ether oxygens (including phenoxy) is 2. The molecule has 5 heteroatoms. The molecule has 0 aliphatic carbocycles. The highest BCUT2D eigenvalue weighted by atomic mass is 16.5. The molecular formula is C19H32N2O3. The van der Waals surface area contributed by atoms with Gasteiger partial charge in [0.25, 0.3) is 0 Å². The maximum atomic E-state index is 9.95. The molecule has 2 N–H and O–H groups in total. The first-order chi connectivity index (χ1) is 11.7. The summed E-state index contributed by atoms with van der Waals surface area (Å²) in [4.78, 5) is 2.35. The van der Waals surface area contributed by atoms with E-state index in [0.717, 1.165) is 43.1 Å². The van der Waals surface area contributed by atoms with Gasteiger partial charge in [0.1, 0.15) is 0 Å². The zero-order chi connectivity index (χ0) is 17.4. The lowest BCUT2D eigenvalue weighted by atomic mass is 10.0. The van der Waals surface area contributed by atoms with Gasteiger partial charge in [0.05, 0.1) is 26.4 Å². The molecule has 0 saturated carbocycles. The van der Waals surface area contributed by atoms with Gasteiger partial charge in [-0.15, -0.1) is 0 Å². The minimum absolute atomic E-state index is 0.00913. The van der Waals surface area contributed by atoms with Crippen LogP contribution in [0.15, 0.2) is 18.2 Å². The molecule has 136 valence electrons. The van der Waals surface area contributed by atoms with E-state index in [-0.39, 0.29) is 12.6 Å². The summed E-state index contributed by atoms with van der Waals surface area (Å²) in [6.45, 7) is 8.03. The topological polar surface area (TPSA) is 54.0 Å². The van der Waals surface area contributed by atoms with Crippen LogP contribution in [0, 0.1) is 0 Å². The molecule has 2 rings (SSSR count). The zero-order valence-electron chi connectivity index (χ0n) is 15.3. The van der Waals surface area contributed by atoms with Crippen molar-refractivity contribution in [3.63, 3.8) is 0 Å². The van der Waals surface area contributed by atoms with Gasteiger partial charge in [-0.25, -0.2) is 0 Å². The van der Waals surface area contributed by atoms with E-state index in [1.54, 1.807) is 7.11 Å². The minimum atomic E-state index is -0.00913. The summed E-state index contributed by atoms with van der Waals surface area (Å²) in [6, 6.07) is 6.41. The number of nitrogens with zero attached hydrogens (tertiary/aromatic N) is 1. The summed E-state index contributed by atoms with van der Waals surface area (Å²) >= 11 is 0. The number of hydrogen-bond donors (Lipinski definition) is 2. The monoisotopic (exact) mass is 336 g/mol. The maximum Gasteiger partial charge on any atom is 0.161 e. The molecule has 1 aromatic carbocycles. The summed E-state index contributed by atoms with van der Waals surface area (Å²) in [7, 11) is 1.67. The molecule has 1 aliphatic rings. The Hall–Kier alpha value is -1.30. The average molecular weight is 336 g/mol. The Kier molecular flexibility index (Phi) is 7.82. The number of methoxy groups -OCH3 is 1. The fourth-order valence-electron chi connectivity index (χ4n) is 3.27. The molecule has 24 heavy (non-hydrogen) atoms. The Bertz CT molecular complexity index is 496. The number of unbranched alkanes of at least 4 members (excludes halogenated alkanes) is 2. The van der Waals surface area contributed by atoms with Crippen LogP contribution in [0.3, 0.4) is 0 Å². The van der Waals surface area contributed by atoms with E-state index in [1.807, 2.05) is 18.2 Å². The van der Waals surface area contributed by atoms with E-state index in [9.17, 15) is 5.11 Å². The molecule has 1 aliphatic heterocycles. The number of aliphatic hydroxyl groups is 1. The predicted molar refractivity (Wildman–Crippen MR) is 96.9 cm³/mol. The summed E-state index contributed by atoms with van der Waals surface area (Å²) in [5.41, 5.74) is 1.07. The van der Waals surface area contributed by atoms with Crippen molar-refractivity contribution in [1.29, 1.82) is 0 Å². The number of hydrogen-bond acceptors (Lipinski definition) is 5. The van der Waals surface area contributed by atoms with Gasteiger partial charge in [-0.1, -0.05) is 25.8 Å². The second kappa shape index (κ2) is 9.87. The largest absolute Gasteiger partial charge is 0.493 e. The second-order valence-corrected chi connectivity index (χ2v) is 6.46. The average Bonchev–Trinajstić information content (AvgIpc) is 2.61. The smallest absolute Gasteiger partial charge is 0.161 e. The van der Waals surface area contributed by atoms with Gasteiger partial charge >= 0.3 is 0 Å². The molecule has 0 radical (unpaired) electrons. The van der Waals surface area contributed by atoms with Crippen LogP contribution in [-0.2, 0) is 0 Å². The highest BCUT2D eigenvalue weighted by molar-refractivity contribution is 5.44. The van der Waals surface area contributed by atoms with Crippen LogP contribution in [0.25, 0.3) is 0 Å². The summed E-state index contributed by atoms with van der Waals surface area (Å²) in [5, 5.41) is 13.3. The Morgan fingerprint density at radius 2 is 2.17 bits per heavy atom. The number of nitrogens with one attached hydrogen (secondary N) is 1. The highest BCUT2D eigenvalue weighted by Crippen LogP contribution is 2.33. The van der Waals surface area contributed by atoms with Crippen LogP contribution in [0.1, 0.15) is 44.7 Å². The third-order valence-electron chi connectivity index (χ3n) is 4.70. The van der Waals surface area contributed by atoms with E-state index < -0.39 is 0 Å². The fraction of sp³-hybridized carbons (Fsp3) is 0.684. The predicted octanol–water partition coefficient (Wildman–Crippen LogP) is 2.59. The molecule has 1 heterocycles. The number of rotatable bonds is 9. The SMILES string of the molecule is CCCCCOc1ccc(C(CO)N2CCNCC2C)cc1OC. The quantitative estimate of drug-likeness (QED) is 0.679. The summed E-state index contributed by atoms with van der Waals surface area (Å²) in [6.07, 6.45) is 3.41. The van der Waals surface area contributed by atoms with Gasteiger partial charge in [-0.2, -0.15) is 0 Å². The van der Waals surface area contributed by atoms with E-state index in [4.69, 9.17) is 9.47 Å². The molecule has 1 fully saturated rings. The van der Waals surface area contributed by atoms with Crippen molar-refractivity contribution in [2.45, 2.75) is 45.2 Å². The van der Waals surface area contributed by atoms with Crippen molar-refractivity contribution in [3.8, 4) is 11.5 Å². The molecule has 1 aromatic rings. The molecular weight excluding hydrogens is 304 g/mol. The maximum absolute atomic E-state index is 9.95. The highest BCUT2D eigenvalue weighted by Gasteiger charge is 2.27. The summed E-state index contributed by atoms with van der Waals surface area (Å²) < 4.78 is 11.4. The van der Waals surface area contributed by atoms with Crippen LogP contribution >= 0.6 is 0 Å². The Balaban J connectivity index is 2.11. The number of benzene rings is 1. The first kappa shape index (κ1) is 19.0. The van der Waals surface area contributed by atoms with Crippen LogP contribution in [0.5, 0.6) is 11.5 Å². The molecule has 5 nitrogen and oxygen atoms in total. The molecule has 0 amide bonds. The van der Waals surface area contributed by atoms with Crippen molar-refractivity contribution in [2.75, 3.05) is 40.0 Å². The molecule has 2 atom stereocenters. The van der Waals surface area contributed by atoms with Crippen LogP contribution in [0.4, 0.5) is 0 Å². The fourth-order valence-corrected chi connectivity index (χ4v) is 3.27. The van der Waals surface area contributed by atoms with Crippen LogP contribution in [-0.4, -0.2) is 56.0 Å². The minimum Gasteiger partial charge on any atom is -0.493 e. The number of piperazine rings is 1. The number of aliphatic hydroxyl groups excluding tert-OH is 1. The third kappa shape index (κ3) is 4.85. The first-order valence-corrected chi connectivity index (χ1v) is 9.09. The Morgan fingerprint density at radius 1 is 1.33 bits per heavy atom. The van der Waals surface area contributed by atoms with Crippen molar-refractivity contribution in [1.82, 2.24) is 10.2 Å². The summed E-state index contributed by atoms with van der Waals surface area (Å²) in [5.74, 6) is 1.52. The Labute approximate surface area is 146 Å². The van der Waals surface area contributed by atoms with Crippen molar-refractivity contribution >= 4 is 0 Å². The van der Waals surface area contributed by atoms with Crippen molar-refractivity contribution < 1.29 is 14.6 Å². The molecule has 0 spiro atoms. The van der Waals surface area contributed by atoms with Gasteiger partial charge in [-0.05, 0) is 31.0 Å². The van der Waals surface area contributed by atoms with Crippen LogP contribution < -0.4 is 14.8 Å². The van der Waals surface area contributed by atoms with E-state index in [0.29, 0.717) is 12.6 Å². The zero-order valence-corrected chi connectivity index (χ0v) is 15.3. The third-order valence-corrected chi connectivity index (χ3v) is 4.70. The van der Waals surface area contributed by atoms with Crippen LogP contribution in [0.2, 0.25) is 0 Å². The van der Waals surface area contributed by atoms with Gasteiger partial charge in [0.2, 0.25) is 0 Å². The first-order valence-electron chi connectivity index (χ1n) is 9.09. The van der Waals surface area contributed by atoms with E-state index in [1.165, 1.54) is 12.8 Å². The standard InChI is InChI=1S/C19H32N2O3/c1-4-5-6-11-24-18-8-7-16(12-19(18)23-3)17(14-22)21-10-9-20-13-15(21)2/h7-8,12,15,17,20,22H,4-6,9-11,13-14H2,1-3H3.